The van der Waals surface area contributed by atoms with Crippen molar-refractivity contribution in [2.75, 3.05) is 19.6 Å². The molecule has 156 valence electrons. The van der Waals surface area contributed by atoms with E-state index >= 15 is 0 Å². The van der Waals surface area contributed by atoms with Crippen molar-refractivity contribution in [3.8, 4) is 0 Å². The van der Waals surface area contributed by atoms with Crippen LogP contribution in [-0.2, 0) is 9.59 Å². The van der Waals surface area contributed by atoms with Crippen molar-refractivity contribution >= 4 is 34.3 Å². The number of nitrogens with one attached hydrogen (secondary N) is 2. The molecule has 0 aliphatic carbocycles. The quantitative estimate of drug-likeness (QED) is 0.641. The summed E-state index contributed by atoms with van der Waals surface area (Å²) < 4.78 is 0. The lowest BCUT2D eigenvalue weighted by atomic mass is 9.90. The lowest BCUT2D eigenvalue weighted by Crippen LogP contribution is -2.43. The Hall–Kier alpha value is -2.79. The predicted octanol–water partition coefficient (Wildman–Crippen LogP) is 4.33. The summed E-state index contributed by atoms with van der Waals surface area (Å²) in [4.78, 5) is 29.5. The zero-order chi connectivity index (χ0) is 21.1. The molecule has 1 aliphatic rings. The highest BCUT2D eigenvalue weighted by Crippen LogP contribution is 2.34. The number of likely N-dealkylation sites (tertiary alicyclic amines) is 1. The highest BCUT2D eigenvalue weighted by Gasteiger charge is 2.27. The molecule has 1 fully saturated rings. The Labute approximate surface area is 181 Å². The van der Waals surface area contributed by atoms with Crippen LogP contribution in [0.2, 0.25) is 5.02 Å². The van der Waals surface area contributed by atoms with Crippen LogP contribution >= 0.6 is 11.6 Å². The van der Waals surface area contributed by atoms with E-state index < -0.39 is 0 Å². The van der Waals surface area contributed by atoms with E-state index in [2.05, 4.69) is 16.4 Å². The summed E-state index contributed by atoms with van der Waals surface area (Å²) >= 11 is 6.54. The predicted molar refractivity (Wildman–Crippen MR) is 120 cm³/mol. The van der Waals surface area contributed by atoms with Crippen LogP contribution in [-0.4, -0.2) is 41.3 Å². The second-order valence-electron chi connectivity index (χ2n) is 7.89. The molecular formula is C24H26ClN3O2. The fourth-order valence-corrected chi connectivity index (χ4v) is 4.60. The number of piperidine rings is 1. The number of fused-ring (bicyclic) bond motifs is 1. The van der Waals surface area contributed by atoms with Crippen LogP contribution in [0.3, 0.4) is 0 Å². The Morgan fingerprint density at radius 3 is 2.53 bits per heavy atom. The average molecular weight is 424 g/mol. The van der Waals surface area contributed by atoms with E-state index in [9.17, 15) is 9.59 Å². The van der Waals surface area contributed by atoms with Gasteiger partial charge in [-0.15, -0.1) is 0 Å². The van der Waals surface area contributed by atoms with Crippen LogP contribution in [0.1, 0.15) is 36.8 Å². The normalized spacial score (nSPS) is 15.9. The Kier molecular flexibility index (Phi) is 6.09. The number of hydrogen-bond acceptors (Lipinski definition) is 2. The van der Waals surface area contributed by atoms with E-state index in [0.717, 1.165) is 22.0 Å². The van der Waals surface area contributed by atoms with Crippen LogP contribution in [0.4, 0.5) is 0 Å². The van der Waals surface area contributed by atoms with Gasteiger partial charge >= 0.3 is 0 Å². The van der Waals surface area contributed by atoms with Gasteiger partial charge in [-0.05, 0) is 36.1 Å². The molecule has 1 saturated heterocycles. The van der Waals surface area contributed by atoms with Gasteiger partial charge in [0.2, 0.25) is 11.8 Å². The molecule has 4 rings (SSSR count). The van der Waals surface area contributed by atoms with E-state index in [-0.39, 0.29) is 23.7 Å². The van der Waals surface area contributed by atoms with Gasteiger partial charge in [-0.25, -0.2) is 0 Å². The molecule has 1 atom stereocenters. The first-order valence-electron chi connectivity index (χ1n) is 10.4. The Morgan fingerprint density at radius 1 is 1.10 bits per heavy atom. The molecule has 1 aromatic heterocycles. The number of halogens is 1. The molecule has 2 heterocycles. The number of para-hydroxylation sites is 1. The Morgan fingerprint density at radius 2 is 1.80 bits per heavy atom. The summed E-state index contributed by atoms with van der Waals surface area (Å²) in [6, 6.07) is 16.0. The summed E-state index contributed by atoms with van der Waals surface area (Å²) in [6.45, 7) is 3.33. The second kappa shape index (κ2) is 8.92. The van der Waals surface area contributed by atoms with Gasteiger partial charge in [0.1, 0.15) is 0 Å². The number of rotatable bonds is 5. The maximum absolute atomic E-state index is 12.9. The molecule has 0 saturated carbocycles. The molecular weight excluding hydrogens is 398 g/mol. The number of aromatic amines is 1. The SMILES string of the molecule is CC(=O)N1CCC(C(=O)NC[C@H](c2ccccc2Cl)c2c[nH]c3ccccc23)CC1. The molecule has 6 heteroatoms. The number of hydrogen-bond donors (Lipinski definition) is 2. The molecule has 0 spiro atoms. The fraction of sp³-hybridized carbons (Fsp3) is 0.333. The van der Waals surface area contributed by atoms with E-state index in [0.29, 0.717) is 37.5 Å². The van der Waals surface area contributed by atoms with Gasteiger partial charge in [0.15, 0.2) is 0 Å². The fourth-order valence-electron chi connectivity index (χ4n) is 4.33. The molecule has 2 aromatic carbocycles. The zero-order valence-corrected chi connectivity index (χ0v) is 17.8. The summed E-state index contributed by atoms with van der Waals surface area (Å²) in [6.07, 6.45) is 3.42. The number of nitrogens with zero attached hydrogens (tertiary/aromatic N) is 1. The molecule has 5 nitrogen and oxygen atoms in total. The van der Waals surface area contributed by atoms with Crippen molar-refractivity contribution in [1.82, 2.24) is 15.2 Å². The summed E-state index contributed by atoms with van der Waals surface area (Å²) in [5.41, 5.74) is 3.17. The van der Waals surface area contributed by atoms with Crippen molar-refractivity contribution in [2.45, 2.75) is 25.7 Å². The number of benzene rings is 2. The van der Waals surface area contributed by atoms with Gasteiger partial charge in [-0.3, -0.25) is 9.59 Å². The Balaban J connectivity index is 1.54. The van der Waals surface area contributed by atoms with Crippen molar-refractivity contribution in [2.24, 2.45) is 5.92 Å². The minimum Gasteiger partial charge on any atom is -0.361 e. The first kappa shape index (κ1) is 20.5. The molecule has 30 heavy (non-hydrogen) atoms. The third kappa shape index (κ3) is 4.21. The highest BCUT2D eigenvalue weighted by atomic mass is 35.5. The second-order valence-corrected chi connectivity index (χ2v) is 8.30. The number of aromatic nitrogens is 1. The number of amides is 2. The average Bonchev–Trinajstić information content (AvgIpc) is 3.19. The third-order valence-electron chi connectivity index (χ3n) is 6.07. The maximum atomic E-state index is 12.9. The first-order chi connectivity index (χ1) is 14.5. The van der Waals surface area contributed by atoms with Crippen LogP contribution in [0.25, 0.3) is 10.9 Å². The molecule has 2 amide bonds. The van der Waals surface area contributed by atoms with Crippen molar-refractivity contribution < 1.29 is 9.59 Å². The molecule has 3 aromatic rings. The van der Waals surface area contributed by atoms with E-state index in [1.165, 1.54) is 0 Å². The smallest absolute Gasteiger partial charge is 0.223 e. The Bertz CT molecular complexity index is 1050. The lowest BCUT2D eigenvalue weighted by molar-refractivity contribution is -0.133. The molecule has 0 unspecified atom stereocenters. The third-order valence-corrected chi connectivity index (χ3v) is 6.41. The van der Waals surface area contributed by atoms with Gasteiger partial charge in [-0.1, -0.05) is 48.0 Å². The van der Waals surface area contributed by atoms with Gasteiger partial charge in [0.25, 0.3) is 0 Å². The minimum absolute atomic E-state index is 0.0510. The monoisotopic (exact) mass is 423 g/mol. The lowest BCUT2D eigenvalue weighted by Gasteiger charge is -2.31. The van der Waals surface area contributed by atoms with Crippen molar-refractivity contribution in [1.29, 1.82) is 0 Å². The topological polar surface area (TPSA) is 65.2 Å². The summed E-state index contributed by atoms with van der Waals surface area (Å²) in [7, 11) is 0. The molecule has 0 bridgehead atoms. The maximum Gasteiger partial charge on any atom is 0.223 e. The number of carbonyl (C=O) groups is 2. The standard InChI is InChI=1S/C24H26ClN3O2/c1-16(29)28-12-10-17(11-13-28)24(30)27-15-20(18-6-2-4-8-22(18)25)21-14-26-23-9-5-3-7-19(21)23/h2-9,14,17,20,26H,10-13,15H2,1H3,(H,27,30)/t20-/m1/s1. The van der Waals surface area contributed by atoms with Crippen LogP contribution in [0.15, 0.2) is 54.7 Å². The van der Waals surface area contributed by atoms with Gasteiger partial charge in [-0.2, -0.15) is 0 Å². The van der Waals surface area contributed by atoms with E-state index in [1.54, 1.807) is 6.92 Å². The number of carbonyl (C=O) groups excluding carboxylic acids is 2. The van der Waals surface area contributed by atoms with Crippen LogP contribution in [0.5, 0.6) is 0 Å². The van der Waals surface area contributed by atoms with Gasteiger partial charge in [0.05, 0.1) is 0 Å². The minimum atomic E-state index is -0.0598. The zero-order valence-electron chi connectivity index (χ0n) is 17.0. The van der Waals surface area contributed by atoms with Crippen LogP contribution < -0.4 is 5.32 Å². The number of H-pyrrole nitrogens is 1. The van der Waals surface area contributed by atoms with Gasteiger partial charge in [0, 0.05) is 60.5 Å². The van der Waals surface area contributed by atoms with Crippen molar-refractivity contribution in [3.63, 3.8) is 0 Å². The van der Waals surface area contributed by atoms with E-state index in [4.69, 9.17) is 11.6 Å². The van der Waals surface area contributed by atoms with Crippen LogP contribution in [0, 0.1) is 5.92 Å². The summed E-state index contributed by atoms with van der Waals surface area (Å²) in [5.74, 6) is 0.00801. The van der Waals surface area contributed by atoms with Crippen molar-refractivity contribution in [3.05, 3.63) is 70.9 Å². The van der Waals surface area contributed by atoms with Gasteiger partial charge < -0.3 is 15.2 Å². The largest absolute Gasteiger partial charge is 0.361 e. The van der Waals surface area contributed by atoms with E-state index in [1.807, 2.05) is 53.6 Å². The highest BCUT2D eigenvalue weighted by molar-refractivity contribution is 6.31. The molecule has 2 N–H and O–H groups in total. The molecule has 1 aliphatic heterocycles. The molecule has 0 radical (unpaired) electrons. The summed E-state index contributed by atoms with van der Waals surface area (Å²) in [5, 5.41) is 4.98. The first-order valence-corrected chi connectivity index (χ1v) is 10.8.